The minimum atomic E-state index is -1.04. The summed E-state index contributed by atoms with van der Waals surface area (Å²) in [6, 6.07) is 11.0. The number of benzene rings is 1. The van der Waals surface area contributed by atoms with Crippen LogP contribution >= 0.6 is 11.6 Å². The number of halogens is 1. The molecule has 0 saturated carbocycles. The Morgan fingerprint density at radius 2 is 2.15 bits per heavy atom. The molecule has 0 aliphatic carbocycles. The SMILES string of the molecule is Cn1ncc2cc(Cl)nc(COCCCC(NC(=O)O)c3ccccc3)c21. The number of nitrogens with one attached hydrogen (secondary N) is 1. The normalized spacial score (nSPS) is 12.2. The quantitative estimate of drug-likeness (QED) is 0.451. The van der Waals surface area contributed by atoms with Crippen molar-refractivity contribution < 1.29 is 14.6 Å². The van der Waals surface area contributed by atoms with Crippen LogP contribution in [0.1, 0.15) is 30.1 Å². The molecule has 7 nitrogen and oxygen atoms in total. The molecule has 1 aromatic carbocycles. The molecule has 0 aliphatic heterocycles. The third kappa shape index (κ3) is 4.96. The molecule has 1 amide bonds. The molecule has 0 saturated heterocycles. The molecule has 142 valence electrons. The van der Waals surface area contributed by atoms with Gasteiger partial charge in [-0.1, -0.05) is 41.9 Å². The summed E-state index contributed by atoms with van der Waals surface area (Å²) in [6.07, 6.45) is 2.05. The summed E-state index contributed by atoms with van der Waals surface area (Å²) < 4.78 is 7.51. The number of aryl methyl sites for hydroxylation is 1. The van der Waals surface area contributed by atoms with Gasteiger partial charge in [-0.05, 0) is 24.5 Å². The second-order valence-corrected chi connectivity index (χ2v) is 6.59. The lowest BCUT2D eigenvalue weighted by molar-refractivity contribution is 0.113. The minimum absolute atomic E-state index is 0.264. The topological polar surface area (TPSA) is 89.3 Å². The van der Waals surface area contributed by atoms with Crippen LogP contribution in [0.5, 0.6) is 0 Å². The van der Waals surface area contributed by atoms with Gasteiger partial charge in [0, 0.05) is 19.0 Å². The molecule has 1 unspecified atom stereocenters. The van der Waals surface area contributed by atoms with Gasteiger partial charge in [-0.15, -0.1) is 0 Å². The third-order valence-corrected chi connectivity index (χ3v) is 4.47. The van der Waals surface area contributed by atoms with E-state index in [1.165, 1.54) is 0 Å². The monoisotopic (exact) mass is 388 g/mol. The lowest BCUT2D eigenvalue weighted by Crippen LogP contribution is -2.27. The zero-order valence-electron chi connectivity index (χ0n) is 14.9. The van der Waals surface area contributed by atoms with Crippen molar-refractivity contribution >= 4 is 28.6 Å². The van der Waals surface area contributed by atoms with E-state index in [4.69, 9.17) is 21.4 Å². The Balaban J connectivity index is 1.55. The maximum absolute atomic E-state index is 11.0. The zero-order valence-corrected chi connectivity index (χ0v) is 15.7. The van der Waals surface area contributed by atoms with Gasteiger partial charge in [-0.25, -0.2) is 9.78 Å². The Morgan fingerprint density at radius 1 is 1.37 bits per heavy atom. The molecule has 8 heteroatoms. The van der Waals surface area contributed by atoms with Crippen LogP contribution in [0.25, 0.3) is 10.9 Å². The van der Waals surface area contributed by atoms with E-state index in [9.17, 15) is 4.79 Å². The maximum Gasteiger partial charge on any atom is 0.405 e. The number of ether oxygens (including phenoxy) is 1. The van der Waals surface area contributed by atoms with Crippen LogP contribution in [-0.4, -0.2) is 32.6 Å². The van der Waals surface area contributed by atoms with E-state index in [-0.39, 0.29) is 6.04 Å². The lowest BCUT2D eigenvalue weighted by atomic mass is 10.0. The highest BCUT2D eigenvalue weighted by molar-refractivity contribution is 6.30. The fourth-order valence-electron chi connectivity index (χ4n) is 3.07. The molecule has 3 aromatic rings. The molecule has 3 rings (SSSR count). The van der Waals surface area contributed by atoms with Crippen molar-refractivity contribution in [1.29, 1.82) is 0 Å². The van der Waals surface area contributed by atoms with Gasteiger partial charge in [-0.2, -0.15) is 5.10 Å². The summed E-state index contributed by atoms with van der Waals surface area (Å²) in [6.45, 7) is 0.803. The van der Waals surface area contributed by atoms with Gasteiger partial charge >= 0.3 is 6.09 Å². The summed E-state index contributed by atoms with van der Waals surface area (Å²) in [5, 5.41) is 17.2. The molecule has 0 aliphatic rings. The molecule has 0 fully saturated rings. The first-order valence-electron chi connectivity index (χ1n) is 8.64. The number of nitrogens with zero attached hydrogens (tertiary/aromatic N) is 3. The smallest absolute Gasteiger partial charge is 0.405 e. The first-order chi connectivity index (χ1) is 13.0. The minimum Gasteiger partial charge on any atom is -0.465 e. The summed E-state index contributed by atoms with van der Waals surface area (Å²) in [7, 11) is 1.85. The average molecular weight is 389 g/mol. The van der Waals surface area contributed by atoms with Crippen LogP contribution in [0.2, 0.25) is 5.15 Å². The largest absolute Gasteiger partial charge is 0.465 e. The Bertz CT molecular complexity index is 914. The van der Waals surface area contributed by atoms with Crippen LogP contribution in [0.3, 0.4) is 0 Å². The van der Waals surface area contributed by atoms with Crippen molar-refractivity contribution in [1.82, 2.24) is 20.1 Å². The van der Waals surface area contributed by atoms with Crippen molar-refractivity contribution in [3.05, 3.63) is 59.0 Å². The van der Waals surface area contributed by atoms with Crippen LogP contribution in [0, 0.1) is 0 Å². The highest BCUT2D eigenvalue weighted by atomic mass is 35.5. The molecule has 0 bridgehead atoms. The molecule has 2 aromatic heterocycles. The molecular formula is C19H21ClN4O3. The van der Waals surface area contributed by atoms with E-state index in [2.05, 4.69) is 15.4 Å². The Hall–Kier alpha value is -2.64. The summed E-state index contributed by atoms with van der Waals surface area (Å²) in [4.78, 5) is 15.4. The molecular weight excluding hydrogens is 368 g/mol. The van der Waals surface area contributed by atoms with E-state index in [1.54, 1.807) is 16.9 Å². The van der Waals surface area contributed by atoms with Crippen LogP contribution < -0.4 is 5.32 Å². The molecule has 0 radical (unpaired) electrons. The Labute approximate surface area is 161 Å². The van der Waals surface area contributed by atoms with Gasteiger partial charge in [0.1, 0.15) is 5.15 Å². The standard InChI is InChI=1S/C19H21ClN4O3/c1-24-18-14(11-21-24)10-17(20)22-16(18)12-27-9-5-8-15(23-19(25)26)13-6-3-2-4-7-13/h2-4,6-7,10-11,15,23H,5,8-9,12H2,1H3,(H,25,26). The first kappa shape index (κ1) is 19.1. The zero-order chi connectivity index (χ0) is 19.2. The van der Waals surface area contributed by atoms with Gasteiger partial charge in [0.15, 0.2) is 0 Å². The Morgan fingerprint density at radius 3 is 2.89 bits per heavy atom. The molecule has 1 atom stereocenters. The van der Waals surface area contributed by atoms with Crippen molar-refractivity contribution in [3.8, 4) is 0 Å². The molecule has 0 spiro atoms. The predicted octanol–water partition coefficient (Wildman–Crippen LogP) is 3.93. The molecule has 2 N–H and O–H groups in total. The van der Waals surface area contributed by atoms with Gasteiger partial charge in [0.05, 0.1) is 30.1 Å². The molecule has 2 heterocycles. The number of aromatic nitrogens is 3. The summed E-state index contributed by atoms with van der Waals surface area (Å²) in [5.41, 5.74) is 2.57. The second kappa shape index (κ2) is 8.83. The van der Waals surface area contributed by atoms with Gasteiger partial charge in [-0.3, -0.25) is 4.68 Å². The number of amides is 1. The number of pyridine rings is 1. The summed E-state index contributed by atoms with van der Waals surface area (Å²) in [5.74, 6) is 0. The fourth-order valence-corrected chi connectivity index (χ4v) is 3.29. The highest BCUT2D eigenvalue weighted by Gasteiger charge is 2.14. The fraction of sp³-hybridized carbons (Fsp3) is 0.316. The lowest BCUT2D eigenvalue weighted by Gasteiger charge is -2.17. The number of hydrogen-bond acceptors (Lipinski definition) is 4. The third-order valence-electron chi connectivity index (χ3n) is 4.28. The average Bonchev–Trinajstić information content (AvgIpc) is 3.01. The highest BCUT2D eigenvalue weighted by Crippen LogP contribution is 2.22. The van der Waals surface area contributed by atoms with Crippen molar-refractivity contribution in [2.45, 2.75) is 25.5 Å². The van der Waals surface area contributed by atoms with E-state index in [1.807, 2.05) is 37.4 Å². The van der Waals surface area contributed by atoms with Gasteiger partial charge in [0.25, 0.3) is 0 Å². The summed E-state index contributed by atoms with van der Waals surface area (Å²) >= 11 is 6.06. The van der Waals surface area contributed by atoms with Crippen LogP contribution in [0.4, 0.5) is 4.79 Å². The number of rotatable bonds is 8. The molecule has 27 heavy (non-hydrogen) atoms. The number of carboxylic acid groups (broad SMARTS) is 1. The van der Waals surface area contributed by atoms with E-state index in [0.29, 0.717) is 31.2 Å². The number of fused-ring (bicyclic) bond motifs is 1. The number of hydrogen-bond donors (Lipinski definition) is 2. The predicted molar refractivity (Wildman–Crippen MR) is 103 cm³/mol. The Kier molecular flexibility index (Phi) is 6.26. The second-order valence-electron chi connectivity index (χ2n) is 6.21. The maximum atomic E-state index is 11.0. The van der Waals surface area contributed by atoms with Crippen molar-refractivity contribution in [2.75, 3.05) is 6.61 Å². The van der Waals surface area contributed by atoms with E-state index < -0.39 is 6.09 Å². The van der Waals surface area contributed by atoms with Crippen LogP contribution in [0.15, 0.2) is 42.6 Å². The van der Waals surface area contributed by atoms with E-state index in [0.717, 1.165) is 22.2 Å². The number of carbonyl (C=O) groups is 1. The first-order valence-corrected chi connectivity index (χ1v) is 9.01. The van der Waals surface area contributed by atoms with Gasteiger partial charge < -0.3 is 15.2 Å². The van der Waals surface area contributed by atoms with Gasteiger partial charge in [0.2, 0.25) is 0 Å². The van der Waals surface area contributed by atoms with Crippen molar-refractivity contribution in [2.24, 2.45) is 7.05 Å². The van der Waals surface area contributed by atoms with E-state index >= 15 is 0 Å². The van der Waals surface area contributed by atoms with Crippen molar-refractivity contribution in [3.63, 3.8) is 0 Å². The van der Waals surface area contributed by atoms with Crippen LogP contribution in [-0.2, 0) is 18.4 Å².